The Morgan fingerprint density at radius 1 is 0.806 bits per heavy atom. The van der Waals surface area contributed by atoms with E-state index in [9.17, 15) is 9.59 Å². The van der Waals surface area contributed by atoms with E-state index in [4.69, 9.17) is 0 Å². The molecule has 0 radical (unpaired) electrons. The van der Waals surface area contributed by atoms with Crippen molar-refractivity contribution in [1.29, 1.82) is 0 Å². The third kappa shape index (κ3) is 5.27. The predicted octanol–water partition coefficient (Wildman–Crippen LogP) is 2.19. The molecule has 5 rings (SSSR count). The van der Waals surface area contributed by atoms with Gasteiger partial charge >= 0.3 is 0 Å². The molecule has 3 saturated carbocycles. The summed E-state index contributed by atoms with van der Waals surface area (Å²) in [6, 6.07) is 0.873. The molecule has 0 aromatic heterocycles. The van der Waals surface area contributed by atoms with Crippen LogP contribution in [-0.4, -0.2) is 50.1 Å². The summed E-state index contributed by atoms with van der Waals surface area (Å²) in [5, 5.41) is 13.6. The molecular formula is C25H42N4O2. The van der Waals surface area contributed by atoms with Gasteiger partial charge in [0, 0.05) is 30.5 Å². The molecule has 0 aromatic carbocycles. The number of rotatable bonds is 6. The molecule has 2 heterocycles. The average molecular weight is 431 g/mol. The van der Waals surface area contributed by atoms with Crippen molar-refractivity contribution in [3.63, 3.8) is 0 Å². The first-order valence-corrected chi connectivity index (χ1v) is 13.2. The second kappa shape index (κ2) is 9.78. The molecule has 6 heteroatoms. The highest BCUT2D eigenvalue weighted by molar-refractivity contribution is 5.82. The zero-order chi connectivity index (χ0) is 21.2. The number of carbonyl (C=O) groups is 2. The number of carbonyl (C=O) groups excluding carboxylic acids is 2. The molecule has 2 amide bonds. The minimum absolute atomic E-state index is 0.184. The topological polar surface area (TPSA) is 82.3 Å². The van der Waals surface area contributed by atoms with E-state index in [1.807, 2.05) is 0 Å². The minimum atomic E-state index is 0.184. The molecular weight excluding hydrogens is 388 g/mol. The molecule has 0 spiro atoms. The molecule has 0 aromatic rings. The molecule has 2 aliphatic heterocycles. The number of hydrogen-bond donors (Lipinski definition) is 4. The number of hydrogen-bond acceptors (Lipinski definition) is 4. The van der Waals surface area contributed by atoms with Gasteiger partial charge in [-0.2, -0.15) is 0 Å². The summed E-state index contributed by atoms with van der Waals surface area (Å²) in [6.07, 6.45) is 12.6. The molecule has 6 unspecified atom stereocenters. The van der Waals surface area contributed by atoms with Gasteiger partial charge in [-0.25, -0.2) is 0 Å². The van der Waals surface area contributed by atoms with Crippen LogP contribution in [0.15, 0.2) is 0 Å². The van der Waals surface area contributed by atoms with Crippen LogP contribution in [0.2, 0.25) is 0 Å². The quantitative estimate of drug-likeness (QED) is 0.521. The normalized spacial score (nSPS) is 42.5. The van der Waals surface area contributed by atoms with E-state index in [-0.39, 0.29) is 17.7 Å². The second-order valence-corrected chi connectivity index (χ2v) is 11.2. The third-order valence-electron chi connectivity index (χ3n) is 9.19. The lowest BCUT2D eigenvalue weighted by Crippen LogP contribution is -2.46. The van der Waals surface area contributed by atoms with Gasteiger partial charge in [0.05, 0.1) is 0 Å². The largest absolute Gasteiger partial charge is 0.354 e. The lowest BCUT2D eigenvalue weighted by atomic mass is 9.73. The smallest absolute Gasteiger partial charge is 0.223 e. The van der Waals surface area contributed by atoms with Crippen molar-refractivity contribution in [2.45, 2.75) is 82.7 Å². The number of fused-ring (bicyclic) bond motifs is 1. The molecule has 6 nitrogen and oxygen atoms in total. The molecule has 4 N–H and O–H groups in total. The molecule has 0 bridgehead atoms. The highest BCUT2D eigenvalue weighted by Crippen LogP contribution is 2.50. The lowest BCUT2D eigenvalue weighted by molar-refractivity contribution is -0.127. The minimum Gasteiger partial charge on any atom is -0.354 e. The summed E-state index contributed by atoms with van der Waals surface area (Å²) in [6.45, 7) is 4.18. The Morgan fingerprint density at radius 3 is 2.45 bits per heavy atom. The Kier molecular flexibility index (Phi) is 6.84. The van der Waals surface area contributed by atoms with E-state index in [0.29, 0.717) is 29.8 Å². The van der Waals surface area contributed by atoms with Gasteiger partial charge in [-0.05, 0) is 114 Å². The van der Waals surface area contributed by atoms with Crippen molar-refractivity contribution in [2.24, 2.45) is 35.5 Å². The zero-order valence-corrected chi connectivity index (χ0v) is 19.0. The van der Waals surface area contributed by atoms with E-state index >= 15 is 0 Å². The van der Waals surface area contributed by atoms with Crippen LogP contribution in [0, 0.1) is 35.5 Å². The zero-order valence-electron chi connectivity index (χ0n) is 19.0. The molecule has 3 aliphatic carbocycles. The highest BCUT2D eigenvalue weighted by atomic mass is 16.2. The van der Waals surface area contributed by atoms with Gasteiger partial charge < -0.3 is 21.3 Å². The first-order valence-electron chi connectivity index (χ1n) is 13.2. The molecule has 5 aliphatic rings. The highest BCUT2D eigenvalue weighted by Gasteiger charge is 2.49. The molecule has 31 heavy (non-hydrogen) atoms. The van der Waals surface area contributed by atoms with Crippen LogP contribution in [0.3, 0.4) is 0 Å². The van der Waals surface area contributed by atoms with Crippen molar-refractivity contribution in [3.8, 4) is 0 Å². The van der Waals surface area contributed by atoms with E-state index < -0.39 is 0 Å². The number of amides is 2. The Labute approximate surface area is 187 Å². The van der Waals surface area contributed by atoms with Gasteiger partial charge in [-0.1, -0.05) is 0 Å². The molecule has 2 saturated heterocycles. The van der Waals surface area contributed by atoms with Crippen LogP contribution < -0.4 is 21.3 Å². The van der Waals surface area contributed by atoms with Crippen LogP contribution in [0.25, 0.3) is 0 Å². The number of nitrogens with one attached hydrogen (secondary N) is 4. The Hall–Kier alpha value is -1.14. The van der Waals surface area contributed by atoms with Crippen LogP contribution >= 0.6 is 0 Å². The summed E-state index contributed by atoms with van der Waals surface area (Å²) >= 11 is 0. The van der Waals surface area contributed by atoms with Crippen LogP contribution in [0.5, 0.6) is 0 Å². The summed E-state index contributed by atoms with van der Waals surface area (Å²) in [5.74, 6) is 3.87. The fraction of sp³-hybridized carbons (Fsp3) is 0.920. The summed E-state index contributed by atoms with van der Waals surface area (Å²) in [5.41, 5.74) is 0. The van der Waals surface area contributed by atoms with Crippen LogP contribution in [0.1, 0.15) is 70.6 Å². The van der Waals surface area contributed by atoms with Gasteiger partial charge in [0.25, 0.3) is 0 Å². The number of piperidine rings is 1. The maximum Gasteiger partial charge on any atom is 0.223 e. The summed E-state index contributed by atoms with van der Waals surface area (Å²) < 4.78 is 0. The van der Waals surface area contributed by atoms with Gasteiger partial charge in [0.1, 0.15) is 0 Å². The molecule has 6 atom stereocenters. The monoisotopic (exact) mass is 430 g/mol. The van der Waals surface area contributed by atoms with E-state index in [1.165, 1.54) is 38.6 Å². The Balaban J connectivity index is 1.01. The standard InChI is InChI=1S/C25H42N4O2/c30-24(28-15-21-2-1-10-27-21)17-5-3-16(4-6-17)22-13-23(22)25(31)29-20-8-7-19-14-26-11-9-18(19)12-20/h16-23,26-27H,1-15H2,(H,28,30)(H,29,31). The van der Waals surface area contributed by atoms with Crippen molar-refractivity contribution in [2.75, 3.05) is 26.2 Å². The Morgan fingerprint density at radius 2 is 1.65 bits per heavy atom. The molecule has 174 valence electrons. The van der Waals surface area contributed by atoms with E-state index in [1.54, 1.807) is 0 Å². The first kappa shape index (κ1) is 21.7. The van der Waals surface area contributed by atoms with Crippen molar-refractivity contribution in [3.05, 3.63) is 0 Å². The fourth-order valence-corrected chi connectivity index (χ4v) is 7.11. The van der Waals surface area contributed by atoms with E-state index in [0.717, 1.165) is 70.0 Å². The fourth-order valence-electron chi connectivity index (χ4n) is 7.11. The molecule has 5 fully saturated rings. The maximum absolute atomic E-state index is 12.9. The van der Waals surface area contributed by atoms with Crippen molar-refractivity contribution < 1.29 is 9.59 Å². The average Bonchev–Trinajstić information content (AvgIpc) is 3.44. The summed E-state index contributed by atoms with van der Waals surface area (Å²) in [7, 11) is 0. The van der Waals surface area contributed by atoms with Gasteiger partial charge in [0.15, 0.2) is 0 Å². The summed E-state index contributed by atoms with van der Waals surface area (Å²) in [4.78, 5) is 25.4. The lowest BCUT2D eigenvalue weighted by Gasteiger charge is -2.39. The van der Waals surface area contributed by atoms with Crippen molar-refractivity contribution in [1.82, 2.24) is 21.3 Å². The second-order valence-electron chi connectivity index (χ2n) is 11.2. The first-order chi connectivity index (χ1) is 15.2. The van der Waals surface area contributed by atoms with Gasteiger partial charge in [-0.3, -0.25) is 9.59 Å². The van der Waals surface area contributed by atoms with Crippen LogP contribution in [0.4, 0.5) is 0 Å². The van der Waals surface area contributed by atoms with Crippen molar-refractivity contribution >= 4 is 11.8 Å². The van der Waals surface area contributed by atoms with Gasteiger partial charge in [0.2, 0.25) is 11.8 Å². The van der Waals surface area contributed by atoms with Gasteiger partial charge in [-0.15, -0.1) is 0 Å². The maximum atomic E-state index is 12.9. The SMILES string of the molecule is O=C(NCC1CCCN1)C1CCC(C2CC2C(=O)NC2CCC3CNCCC3C2)CC1. The van der Waals surface area contributed by atoms with Crippen LogP contribution in [-0.2, 0) is 9.59 Å². The van der Waals surface area contributed by atoms with E-state index in [2.05, 4.69) is 21.3 Å². The third-order valence-corrected chi connectivity index (χ3v) is 9.19. The predicted molar refractivity (Wildman–Crippen MR) is 121 cm³/mol. The Bertz CT molecular complexity index is 641.